The minimum absolute atomic E-state index is 0.238. The van der Waals surface area contributed by atoms with Crippen molar-refractivity contribution in [2.24, 2.45) is 5.92 Å². The van der Waals surface area contributed by atoms with Crippen molar-refractivity contribution < 1.29 is 9.13 Å². The van der Waals surface area contributed by atoms with Gasteiger partial charge in [-0.3, -0.25) is 0 Å². The van der Waals surface area contributed by atoms with Crippen LogP contribution in [0.4, 0.5) is 4.39 Å². The van der Waals surface area contributed by atoms with Gasteiger partial charge in [0, 0.05) is 17.5 Å². The fourth-order valence-electron chi connectivity index (χ4n) is 2.61. The number of hydrogen-bond donors (Lipinski definition) is 1. The van der Waals surface area contributed by atoms with E-state index >= 15 is 0 Å². The van der Waals surface area contributed by atoms with Crippen molar-refractivity contribution in [2.75, 3.05) is 13.2 Å². The zero-order chi connectivity index (χ0) is 10.3. The zero-order valence-electron chi connectivity index (χ0n) is 8.50. The molecule has 0 amide bonds. The first kappa shape index (κ1) is 9.16. The second kappa shape index (κ2) is 3.49. The molecule has 2 heterocycles. The van der Waals surface area contributed by atoms with Crippen LogP contribution in [0.5, 0.6) is 5.75 Å². The molecule has 15 heavy (non-hydrogen) atoms. The summed E-state index contributed by atoms with van der Waals surface area (Å²) in [4.78, 5) is 0. The van der Waals surface area contributed by atoms with Crippen LogP contribution in [0, 0.1) is 11.7 Å². The van der Waals surface area contributed by atoms with Crippen molar-refractivity contribution in [1.29, 1.82) is 0 Å². The summed E-state index contributed by atoms with van der Waals surface area (Å²) in [6.07, 6.45) is 2.36. The first-order chi connectivity index (χ1) is 7.36. The molecule has 1 N–H and O–H groups in total. The van der Waals surface area contributed by atoms with Crippen molar-refractivity contribution in [1.82, 2.24) is 5.32 Å². The molecule has 80 valence electrons. The standard InChI is InChI=1S/C12H14FNO/c13-10-5-1-4-9-11-8(3-2-6-14-11)7-15-12(9)10/h1,4-5,8,11,14H,2-3,6-7H2. The van der Waals surface area contributed by atoms with Gasteiger partial charge in [-0.25, -0.2) is 4.39 Å². The monoisotopic (exact) mass is 207 g/mol. The van der Waals surface area contributed by atoms with Gasteiger partial charge in [-0.1, -0.05) is 12.1 Å². The lowest BCUT2D eigenvalue weighted by atomic mass is 9.85. The van der Waals surface area contributed by atoms with E-state index in [1.165, 1.54) is 18.9 Å². The van der Waals surface area contributed by atoms with Crippen LogP contribution in [0.15, 0.2) is 18.2 Å². The molecule has 1 fully saturated rings. The topological polar surface area (TPSA) is 21.3 Å². The predicted octanol–water partition coefficient (Wildman–Crippen LogP) is 2.26. The van der Waals surface area contributed by atoms with Gasteiger partial charge in [-0.05, 0) is 25.5 Å². The van der Waals surface area contributed by atoms with Crippen LogP contribution in [-0.2, 0) is 0 Å². The Kier molecular flexibility index (Phi) is 2.13. The van der Waals surface area contributed by atoms with Crippen LogP contribution in [0.3, 0.4) is 0 Å². The Labute approximate surface area is 88.4 Å². The van der Waals surface area contributed by atoms with Gasteiger partial charge in [0.25, 0.3) is 0 Å². The maximum atomic E-state index is 13.5. The number of hydrogen-bond acceptors (Lipinski definition) is 2. The molecule has 0 spiro atoms. The maximum absolute atomic E-state index is 13.5. The van der Waals surface area contributed by atoms with E-state index in [1.807, 2.05) is 6.07 Å². The van der Waals surface area contributed by atoms with Gasteiger partial charge >= 0.3 is 0 Å². The van der Waals surface area contributed by atoms with E-state index in [4.69, 9.17) is 4.74 Å². The minimum Gasteiger partial charge on any atom is -0.490 e. The maximum Gasteiger partial charge on any atom is 0.165 e. The molecular weight excluding hydrogens is 193 g/mol. The second-order valence-corrected chi connectivity index (χ2v) is 4.30. The van der Waals surface area contributed by atoms with Gasteiger partial charge in [0.2, 0.25) is 0 Å². The van der Waals surface area contributed by atoms with Crippen molar-refractivity contribution >= 4 is 0 Å². The molecule has 2 atom stereocenters. The number of piperidine rings is 1. The fourth-order valence-corrected chi connectivity index (χ4v) is 2.61. The van der Waals surface area contributed by atoms with Gasteiger partial charge in [-0.2, -0.15) is 0 Å². The average Bonchev–Trinajstić information content (AvgIpc) is 2.29. The SMILES string of the molecule is Fc1cccc2c1OCC1CCCNC21. The minimum atomic E-state index is -0.238. The van der Waals surface area contributed by atoms with Crippen LogP contribution < -0.4 is 10.1 Å². The lowest BCUT2D eigenvalue weighted by Gasteiger charge is -2.37. The normalized spacial score (nSPS) is 28.9. The summed E-state index contributed by atoms with van der Waals surface area (Å²) >= 11 is 0. The van der Waals surface area contributed by atoms with E-state index in [0.29, 0.717) is 18.3 Å². The lowest BCUT2D eigenvalue weighted by Crippen LogP contribution is -2.40. The molecule has 3 heteroatoms. The third-order valence-electron chi connectivity index (χ3n) is 3.36. The number of halogens is 1. The number of para-hydroxylation sites is 1. The van der Waals surface area contributed by atoms with Crippen LogP contribution in [-0.4, -0.2) is 13.2 Å². The first-order valence-electron chi connectivity index (χ1n) is 5.51. The highest BCUT2D eigenvalue weighted by atomic mass is 19.1. The molecule has 2 aliphatic rings. The quantitative estimate of drug-likeness (QED) is 0.704. The summed E-state index contributed by atoms with van der Waals surface area (Å²) < 4.78 is 19.0. The van der Waals surface area contributed by atoms with E-state index in [9.17, 15) is 4.39 Å². The van der Waals surface area contributed by atoms with E-state index in [2.05, 4.69) is 5.32 Å². The lowest BCUT2D eigenvalue weighted by molar-refractivity contribution is 0.141. The van der Waals surface area contributed by atoms with E-state index < -0.39 is 0 Å². The van der Waals surface area contributed by atoms with E-state index in [1.54, 1.807) is 6.07 Å². The molecule has 2 unspecified atom stereocenters. The molecule has 0 radical (unpaired) electrons. The van der Waals surface area contributed by atoms with Crippen molar-refractivity contribution in [3.05, 3.63) is 29.6 Å². The molecular formula is C12H14FNO. The Hall–Kier alpha value is -1.09. The van der Waals surface area contributed by atoms with Crippen LogP contribution >= 0.6 is 0 Å². The van der Waals surface area contributed by atoms with Crippen LogP contribution in [0.2, 0.25) is 0 Å². The molecule has 0 bridgehead atoms. The van der Waals surface area contributed by atoms with Crippen LogP contribution in [0.1, 0.15) is 24.4 Å². The van der Waals surface area contributed by atoms with Crippen molar-refractivity contribution in [2.45, 2.75) is 18.9 Å². The van der Waals surface area contributed by atoms with Crippen molar-refractivity contribution in [3.63, 3.8) is 0 Å². The summed E-state index contributed by atoms with van der Waals surface area (Å²) in [5.41, 5.74) is 0.992. The molecule has 0 aromatic heterocycles. The molecule has 2 nitrogen and oxygen atoms in total. The fraction of sp³-hybridized carbons (Fsp3) is 0.500. The molecule has 1 saturated heterocycles. The highest BCUT2D eigenvalue weighted by molar-refractivity contribution is 5.39. The molecule has 0 saturated carbocycles. The molecule has 3 rings (SSSR count). The summed E-state index contributed by atoms with van der Waals surface area (Å²) in [5, 5.41) is 3.46. The highest BCUT2D eigenvalue weighted by Crippen LogP contribution is 2.40. The van der Waals surface area contributed by atoms with Gasteiger partial charge in [0.05, 0.1) is 6.61 Å². The Morgan fingerprint density at radius 3 is 3.27 bits per heavy atom. The predicted molar refractivity (Wildman–Crippen MR) is 55.4 cm³/mol. The Balaban J connectivity index is 2.03. The second-order valence-electron chi connectivity index (χ2n) is 4.30. The number of nitrogens with one attached hydrogen (secondary N) is 1. The molecule has 1 aromatic carbocycles. The Morgan fingerprint density at radius 1 is 1.40 bits per heavy atom. The summed E-state index contributed by atoms with van der Waals surface area (Å²) in [7, 11) is 0. The zero-order valence-corrected chi connectivity index (χ0v) is 8.50. The van der Waals surface area contributed by atoms with Crippen LogP contribution in [0.25, 0.3) is 0 Å². The largest absolute Gasteiger partial charge is 0.490 e. The van der Waals surface area contributed by atoms with Gasteiger partial charge in [0.15, 0.2) is 11.6 Å². The number of fused-ring (bicyclic) bond motifs is 3. The first-order valence-corrected chi connectivity index (χ1v) is 5.51. The van der Waals surface area contributed by atoms with E-state index in [-0.39, 0.29) is 11.9 Å². The van der Waals surface area contributed by atoms with Gasteiger partial charge < -0.3 is 10.1 Å². The highest BCUT2D eigenvalue weighted by Gasteiger charge is 2.33. The van der Waals surface area contributed by atoms with Gasteiger partial charge in [-0.15, -0.1) is 0 Å². The third kappa shape index (κ3) is 1.42. The summed E-state index contributed by atoms with van der Waals surface area (Å²) in [5.74, 6) is 0.722. The summed E-state index contributed by atoms with van der Waals surface area (Å²) in [6.45, 7) is 1.67. The van der Waals surface area contributed by atoms with Crippen molar-refractivity contribution in [3.8, 4) is 5.75 Å². The molecule has 0 aliphatic carbocycles. The van der Waals surface area contributed by atoms with E-state index in [0.717, 1.165) is 12.1 Å². The molecule has 1 aromatic rings. The summed E-state index contributed by atoms with van der Waals surface area (Å²) in [6, 6.07) is 5.48. The van der Waals surface area contributed by atoms with Gasteiger partial charge in [0.1, 0.15) is 0 Å². The number of rotatable bonds is 0. The average molecular weight is 207 g/mol. The number of ether oxygens (including phenoxy) is 1. The Morgan fingerprint density at radius 2 is 2.33 bits per heavy atom. The molecule has 2 aliphatic heterocycles. The smallest absolute Gasteiger partial charge is 0.165 e. The number of benzene rings is 1. The Bertz CT molecular complexity index is 380. The third-order valence-corrected chi connectivity index (χ3v) is 3.36.